The van der Waals surface area contributed by atoms with Gasteiger partial charge in [0.25, 0.3) is 0 Å². The van der Waals surface area contributed by atoms with E-state index in [4.69, 9.17) is 0 Å². The molecule has 2 atom stereocenters. The third-order valence-corrected chi connectivity index (χ3v) is 8.38. The number of sulfone groups is 1. The Morgan fingerprint density at radius 2 is 2.11 bits per heavy atom. The Bertz CT molecular complexity index is 705. The zero-order valence-electron chi connectivity index (χ0n) is 16.9. The molecule has 1 aromatic heterocycles. The fraction of sp³-hybridized carbons (Fsp3) is 0.722. The molecule has 0 bridgehead atoms. The van der Waals surface area contributed by atoms with Crippen molar-refractivity contribution in [2.24, 2.45) is 10.9 Å². The highest BCUT2D eigenvalue weighted by atomic mass is 127. The molecule has 27 heavy (non-hydrogen) atoms. The first-order valence-corrected chi connectivity index (χ1v) is 11.8. The number of rotatable bonds is 6. The van der Waals surface area contributed by atoms with Gasteiger partial charge in [-0.1, -0.05) is 6.07 Å². The van der Waals surface area contributed by atoms with Crippen molar-refractivity contribution < 1.29 is 8.42 Å². The molecule has 1 aliphatic heterocycles. The first-order valence-electron chi connectivity index (χ1n) is 9.03. The van der Waals surface area contributed by atoms with E-state index in [-0.39, 0.29) is 24.0 Å². The van der Waals surface area contributed by atoms with Gasteiger partial charge in [0.15, 0.2) is 15.8 Å². The van der Waals surface area contributed by atoms with Crippen LogP contribution < -0.4 is 10.6 Å². The molecule has 2 unspecified atom stereocenters. The minimum atomic E-state index is -3.14. The van der Waals surface area contributed by atoms with E-state index in [0.29, 0.717) is 24.5 Å². The highest BCUT2D eigenvalue weighted by molar-refractivity contribution is 14.0. The van der Waals surface area contributed by atoms with Crippen LogP contribution in [0.25, 0.3) is 0 Å². The van der Waals surface area contributed by atoms with Crippen molar-refractivity contribution in [2.75, 3.05) is 40.0 Å². The summed E-state index contributed by atoms with van der Waals surface area (Å²) >= 11 is 1.81. The number of hydrogen-bond donors (Lipinski definition) is 2. The number of thiophene rings is 1. The van der Waals surface area contributed by atoms with Crippen LogP contribution in [0.3, 0.4) is 0 Å². The summed E-state index contributed by atoms with van der Waals surface area (Å²) in [6.07, 6.45) is 3.64. The molecule has 0 aromatic carbocycles. The molecular weight excluding hydrogens is 495 g/mol. The highest BCUT2D eigenvalue weighted by Crippen LogP contribution is 2.36. The molecule has 0 spiro atoms. The van der Waals surface area contributed by atoms with Crippen molar-refractivity contribution in [3.05, 3.63) is 22.4 Å². The summed E-state index contributed by atoms with van der Waals surface area (Å²) in [5, 5.41) is 8.70. The number of aliphatic imine (C=N–C) groups is 1. The largest absolute Gasteiger partial charge is 0.356 e. The Balaban J connectivity index is 0.00000364. The maximum atomic E-state index is 11.9. The van der Waals surface area contributed by atoms with Gasteiger partial charge in [-0.15, -0.1) is 35.3 Å². The molecule has 0 saturated carbocycles. The maximum Gasteiger partial charge on any atom is 0.191 e. The summed E-state index contributed by atoms with van der Waals surface area (Å²) in [5.74, 6) is 1.15. The molecule has 1 aliphatic rings. The quantitative estimate of drug-likeness (QED) is 0.338. The zero-order valence-corrected chi connectivity index (χ0v) is 20.8. The number of nitrogens with one attached hydrogen (secondary N) is 2. The number of piperidine rings is 1. The van der Waals surface area contributed by atoms with Crippen LogP contribution in [0, 0.1) is 5.92 Å². The fourth-order valence-electron chi connectivity index (χ4n) is 3.26. The summed E-state index contributed by atoms with van der Waals surface area (Å²) in [4.78, 5) is 8.09. The molecule has 1 saturated heterocycles. The first kappa shape index (κ1) is 24.6. The third kappa shape index (κ3) is 6.57. The number of halogens is 1. The van der Waals surface area contributed by atoms with Gasteiger partial charge in [-0.2, -0.15) is 0 Å². The average molecular weight is 529 g/mol. The minimum absolute atomic E-state index is 0. The van der Waals surface area contributed by atoms with E-state index in [2.05, 4.69) is 45.1 Å². The molecule has 2 rings (SSSR count). The Kier molecular flexibility index (Phi) is 9.50. The standard InChI is InChI=1S/C18H32N4O2S2.HI/c1-18(2,26(5,23)24)13-21-17(19-3)20-12-14-8-6-10-22(4)16(14)15-9-7-11-25-15;/h7,9,11,14,16H,6,8,10,12-13H2,1-5H3,(H2,19,20,21);1H. The van der Waals surface area contributed by atoms with Crippen LogP contribution in [-0.4, -0.2) is 64.0 Å². The normalized spacial score (nSPS) is 22.2. The van der Waals surface area contributed by atoms with Crippen LogP contribution in [0.4, 0.5) is 0 Å². The predicted molar refractivity (Wildman–Crippen MR) is 126 cm³/mol. The SMILES string of the molecule is CN=C(NCC1CCCN(C)C1c1cccs1)NCC(C)(C)S(C)(=O)=O.I. The summed E-state index contributed by atoms with van der Waals surface area (Å²) in [5.41, 5.74) is 0. The van der Waals surface area contributed by atoms with Crippen LogP contribution in [0.2, 0.25) is 0 Å². The van der Waals surface area contributed by atoms with Crippen LogP contribution in [0.5, 0.6) is 0 Å². The summed E-state index contributed by atoms with van der Waals surface area (Å²) < 4.78 is 22.9. The molecule has 0 amide bonds. The smallest absolute Gasteiger partial charge is 0.191 e. The Morgan fingerprint density at radius 1 is 1.41 bits per heavy atom. The van der Waals surface area contributed by atoms with Gasteiger partial charge >= 0.3 is 0 Å². The Hall–Kier alpha value is -0.390. The third-order valence-electron chi connectivity index (χ3n) is 5.28. The van der Waals surface area contributed by atoms with Gasteiger partial charge in [0.05, 0.1) is 4.75 Å². The first-order chi connectivity index (χ1) is 12.2. The summed E-state index contributed by atoms with van der Waals surface area (Å²) in [6.45, 7) is 5.71. The second-order valence-electron chi connectivity index (χ2n) is 7.68. The summed E-state index contributed by atoms with van der Waals surface area (Å²) in [7, 11) is 0.770. The number of guanidine groups is 1. The van der Waals surface area contributed by atoms with Crippen LogP contribution in [0.15, 0.2) is 22.5 Å². The molecule has 1 fully saturated rings. The van der Waals surface area contributed by atoms with Crippen LogP contribution in [0.1, 0.15) is 37.6 Å². The Morgan fingerprint density at radius 3 is 2.67 bits per heavy atom. The van der Waals surface area contributed by atoms with Gasteiger partial charge in [0, 0.05) is 37.3 Å². The van der Waals surface area contributed by atoms with Crippen molar-refractivity contribution in [1.82, 2.24) is 15.5 Å². The van der Waals surface area contributed by atoms with Crippen molar-refractivity contribution in [3.63, 3.8) is 0 Å². The van der Waals surface area contributed by atoms with E-state index >= 15 is 0 Å². The summed E-state index contributed by atoms with van der Waals surface area (Å²) in [6, 6.07) is 4.74. The highest BCUT2D eigenvalue weighted by Gasteiger charge is 2.32. The van der Waals surface area contributed by atoms with E-state index in [1.54, 1.807) is 20.9 Å². The lowest BCUT2D eigenvalue weighted by molar-refractivity contribution is 0.125. The monoisotopic (exact) mass is 528 g/mol. The second kappa shape index (κ2) is 10.4. The number of nitrogens with zero attached hydrogens (tertiary/aromatic N) is 2. The van der Waals surface area contributed by atoms with E-state index in [1.165, 1.54) is 24.0 Å². The molecule has 156 valence electrons. The van der Waals surface area contributed by atoms with Crippen molar-refractivity contribution in [2.45, 2.75) is 37.5 Å². The molecule has 2 heterocycles. The van der Waals surface area contributed by atoms with Gasteiger partial charge in [0.2, 0.25) is 0 Å². The molecule has 9 heteroatoms. The number of likely N-dealkylation sites (tertiary alicyclic amines) is 1. The minimum Gasteiger partial charge on any atom is -0.356 e. The molecular formula is C18H33IN4O2S2. The van der Waals surface area contributed by atoms with Gasteiger partial charge in [-0.3, -0.25) is 9.89 Å². The lowest BCUT2D eigenvalue weighted by atomic mass is 9.88. The Labute approximate surface area is 185 Å². The van der Waals surface area contributed by atoms with Gasteiger partial charge in [-0.05, 0) is 57.6 Å². The average Bonchev–Trinajstić information content (AvgIpc) is 3.08. The zero-order chi connectivity index (χ0) is 19.4. The second-order valence-corrected chi connectivity index (χ2v) is 11.3. The van der Waals surface area contributed by atoms with Gasteiger partial charge in [-0.25, -0.2) is 8.42 Å². The van der Waals surface area contributed by atoms with E-state index in [1.807, 2.05) is 11.3 Å². The lowest BCUT2D eigenvalue weighted by Crippen LogP contribution is -2.49. The lowest BCUT2D eigenvalue weighted by Gasteiger charge is -2.39. The number of hydrogen-bond acceptors (Lipinski definition) is 5. The van der Waals surface area contributed by atoms with E-state index in [9.17, 15) is 8.42 Å². The predicted octanol–water partition coefficient (Wildman–Crippen LogP) is 2.74. The topological polar surface area (TPSA) is 73.8 Å². The van der Waals surface area contributed by atoms with Crippen molar-refractivity contribution >= 4 is 51.1 Å². The molecule has 0 aliphatic carbocycles. The fourth-order valence-corrected chi connectivity index (χ4v) is 4.58. The molecule has 1 aromatic rings. The molecule has 2 N–H and O–H groups in total. The van der Waals surface area contributed by atoms with Gasteiger partial charge < -0.3 is 10.6 Å². The molecule has 6 nitrogen and oxygen atoms in total. The van der Waals surface area contributed by atoms with Crippen molar-refractivity contribution in [3.8, 4) is 0 Å². The van der Waals surface area contributed by atoms with E-state index < -0.39 is 14.6 Å². The molecule has 0 radical (unpaired) electrons. The van der Waals surface area contributed by atoms with Gasteiger partial charge in [0.1, 0.15) is 0 Å². The van der Waals surface area contributed by atoms with Crippen molar-refractivity contribution in [1.29, 1.82) is 0 Å². The van der Waals surface area contributed by atoms with E-state index in [0.717, 1.165) is 13.1 Å². The maximum absolute atomic E-state index is 11.9. The van der Waals surface area contributed by atoms with Crippen LogP contribution >= 0.6 is 35.3 Å². The van der Waals surface area contributed by atoms with Crippen LogP contribution in [-0.2, 0) is 9.84 Å².